The minimum Gasteiger partial charge on any atom is -0.396 e. The number of aliphatic hydroxyl groups excluding tert-OH is 2. The summed E-state index contributed by atoms with van der Waals surface area (Å²) >= 11 is 0. The van der Waals surface area contributed by atoms with Gasteiger partial charge in [0.2, 0.25) is 0 Å². The van der Waals surface area contributed by atoms with E-state index in [1.165, 1.54) is 10.8 Å². The largest absolute Gasteiger partial charge is 0.396 e. The molecular formula is C11H17FN2O4. The monoisotopic (exact) mass is 259 g/mol. The van der Waals surface area contributed by atoms with Crippen molar-refractivity contribution in [3.8, 4) is 0 Å². The summed E-state index contributed by atoms with van der Waals surface area (Å²) in [7, 11) is 0. The lowest BCUT2D eigenvalue weighted by Crippen LogP contribution is -2.32. The molecule has 0 saturated carbocycles. The van der Waals surface area contributed by atoms with Crippen LogP contribution in [0.1, 0.15) is 12.0 Å². The van der Waals surface area contributed by atoms with Crippen molar-refractivity contribution in [1.82, 2.24) is 9.55 Å². The summed E-state index contributed by atoms with van der Waals surface area (Å²) in [5.74, 6) is -0.312. The summed E-state index contributed by atoms with van der Waals surface area (Å²) in [4.78, 5) is 24.9. The highest BCUT2D eigenvalue weighted by molar-refractivity contribution is 5.04. The molecule has 0 radical (unpaired) electrons. The Labute approximate surface area is 103 Å². The lowest BCUT2D eigenvalue weighted by molar-refractivity contribution is 0.140. The lowest BCUT2D eigenvalue weighted by atomic mass is 10.1. The van der Waals surface area contributed by atoms with E-state index in [0.717, 1.165) is 0 Å². The maximum atomic E-state index is 12.2. The zero-order chi connectivity index (χ0) is 13.5. The number of hydrogen-bond donors (Lipinski definition) is 3. The Bertz CT molecular complexity index is 479. The first-order valence-corrected chi connectivity index (χ1v) is 5.72. The van der Waals surface area contributed by atoms with E-state index in [2.05, 4.69) is 4.98 Å². The standard InChI is InChI=1S/C11H17FN2O4/c12-3-1-9-5-14(11(18)13-10(9)17)4-2-8(6-15)7-16/h5,8,15-16H,1-4,6-7H2,(H,13,17,18)/i12-1. The molecule has 0 aliphatic rings. The Morgan fingerprint density at radius 2 is 2.00 bits per heavy atom. The van der Waals surface area contributed by atoms with Gasteiger partial charge in [0, 0.05) is 43.9 Å². The van der Waals surface area contributed by atoms with Gasteiger partial charge in [-0.25, -0.2) is 4.79 Å². The summed E-state index contributed by atoms with van der Waals surface area (Å²) in [5.41, 5.74) is -0.936. The third kappa shape index (κ3) is 3.78. The predicted octanol–water partition coefficient (Wildman–Crippen LogP) is -0.960. The van der Waals surface area contributed by atoms with Gasteiger partial charge in [0.25, 0.3) is 5.56 Å². The van der Waals surface area contributed by atoms with Crippen molar-refractivity contribution in [1.29, 1.82) is 0 Å². The highest BCUT2D eigenvalue weighted by Crippen LogP contribution is 2.02. The molecule has 0 unspecified atom stereocenters. The van der Waals surface area contributed by atoms with Crippen molar-refractivity contribution in [3.63, 3.8) is 0 Å². The molecule has 18 heavy (non-hydrogen) atoms. The molecule has 6 nitrogen and oxygen atoms in total. The molecule has 0 amide bonds. The van der Waals surface area contributed by atoms with Crippen LogP contribution >= 0.6 is 0 Å². The molecule has 1 aromatic heterocycles. The Morgan fingerprint density at radius 1 is 1.33 bits per heavy atom. The SMILES string of the molecule is O=c1[nH]c(=O)n(CCC(CO)CO)cc1CC[18F]. The predicted molar refractivity (Wildman–Crippen MR) is 63.3 cm³/mol. The molecule has 0 atom stereocenters. The van der Waals surface area contributed by atoms with Gasteiger partial charge in [-0.3, -0.25) is 14.2 Å². The normalized spacial score (nSPS) is 11.1. The van der Waals surface area contributed by atoms with Crippen LogP contribution in [0.3, 0.4) is 0 Å². The van der Waals surface area contributed by atoms with E-state index in [4.69, 9.17) is 10.2 Å². The summed E-state index contributed by atoms with van der Waals surface area (Å²) in [6.07, 6.45) is 1.68. The third-order valence-electron chi connectivity index (χ3n) is 2.74. The van der Waals surface area contributed by atoms with Crippen molar-refractivity contribution in [2.24, 2.45) is 5.92 Å². The van der Waals surface area contributed by atoms with Crippen LogP contribution in [0, 0.1) is 5.92 Å². The van der Waals surface area contributed by atoms with Crippen LogP contribution < -0.4 is 11.2 Å². The van der Waals surface area contributed by atoms with Crippen LogP contribution in [0.5, 0.6) is 0 Å². The Balaban J connectivity index is 2.85. The Kier molecular flexibility index (Phi) is 5.73. The zero-order valence-electron chi connectivity index (χ0n) is 9.93. The highest BCUT2D eigenvalue weighted by atomic mass is 18.2. The number of hydrogen-bond acceptors (Lipinski definition) is 4. The van der Waals surface area contributed by atoms with Crippen molar-refractivity contribution < 1.29 is 14.6 Å². The van der Waals surface area contributed by atoms with Crippen LogP contribution in [0.15, 0.2) is 15.8 Å². The van der Waals surface area contributed by atoms with Gasteiger partial charge < -0.3 is 14.8 Å². The van der Waals surface area contributed by atoms with Crippen molar-refractivity contribution in [2.75, 3.05) is 19.9 Å². The molecule has 0 aliphatic carbocycles. The Hall–Kier alpha value is -1.47. The first-order chi connectivity index (χ1) is 8.62. The number of aliphatic hydroxyl groups is 2. The number of rotatable bonds is 7. The van der Waals surface area contributed by atoms with Gasteiger partial charge in [0.1, 0.15) is 0 Å². The van der Waals surface area contributed by atoms with Crippen LogP contribution in [0.2, 0.25) is 0 Å². The van der Waals surface area contributed by atoms with Crippen LogP contribution in [0.25, 0.3) is 0 Å². The second-order valence-corrected chi connectivity index (χ2v) is 4.07. The van der Waals surface area contributed by atoms with Gasteiger partial charge in [-0.05, 0) is 6.42 Å². The quantitative estimate of drug-likeness (QED) is 0.587. The van der Waals surface area contributed by atoms with E-state index in [1.807, 2.05) is 0 Å². The molecule has 0 saturated heterocycles. The molecule has 1 heterocycles. The first kappa shape index (κ1) is 14.6. The first-order valence-electron chi connectivity index (χ1n) is 5.72. The summed E-state index contributed by atoms with van der Waals surface area (Å²) in [6, 6.07) is 0. The molecule has 7 heteroatoms. The molecule has 0 aliphatic heterocycles. The smallest absolute Gasteiger partial charge is 0.328 e. The number of nitrogens with zero attached hydrogens (tertiary/aromatic N) is 1. The van der Waals surface area contributed by atoms with Gasteiger partial charge in [-0.1, -0.05) is 0 Å². The Morgan fingerprint density at radius 3 is 2.56 bits per heavy atom. The molecule has 1 aromatic rings. The average molecular weight is 259 g/mol. The molecule has 1 rings (SSSR count). The second-order valence-electron chi connectivity index (χ2n) is 4.07. The fourth-order valence-electron chi connectivity index (χ4n) is 1.56. The van der Waals surface area contributed by atoms with Gasteiger partial charge in [0.15, 0.2) is 0 Å². The highest BCUT2D eigenvalue weighted by Gasteiger charge is 2.08. The topological polar surface area (TPSA) is 95.3 Å². The number of aromatic nitrogens is 2. The third-order valence-corrected chi connectivity index (χ3v) is 2.74. The van der Waals surface area contributed by atoms with Crippen LogP contribution in [0.4, 0.5) is 4.39 Å². The number of halogens is 1. The molecule has 3 N–H and O–H groups in total. The average Bonchev–Trinajstić information content (AvgIpc) is 2.35. The summed E-state index contributed by atoms with van der Waals surface area (Å²) in [6.45, 7) is -0.768. The number of H-pyrrole nitrogens is 1. The van der Waals surface area contributed by atoms with E-state index in [0.29, 0.717) is 6.42 Å². The molecule has 102 valence electrons. The maximum Gasteiger partial charge on any atom is 0.328 e. The van der Waals surface area contributed by atoms with E-state index in [9.17, 15) is 14.0 Å². The molecule has 0 fully saturated rings. The molecular weight excluding hydrogens is 242 g/mol. The molecule has 0 spiro atoms. The minimum atomic E-state index is -0.669. The lowest BCUT2D eigenvalue weighted by Gasteiger charge is -2.12. The van der Waals surface area contributed by atoms with Crippen LogP contribution in [-0.4, -0.2) is 39.7 Å². The van der Waals surface area contributed by atoms with E-state index < -0.39 is 17.9 Å². The van der Waals surface area contributed by atoms with Crippen molar-refractivity contribution >= 4 is 0 Å². The number of aromatic amines is 1. The molecule has 0 aromatic carbocycles. The van der Waals surface area contributed by atoms with Gasteiger partial charge in [-0.2, -0.15) is 0 Å². The fourth-order valence-corrected chi connectivity index (χ4v) is 1.56. The molecule has 0 bridgehead atoms. The fraction of sp³-hybridized carbons (Fsp3) is 0.636. The number of aryl methyl sites for hydroxylation is 2. The van der Waals surface area contributed by atoms with Gasteiger partial charge in [0.05, 0.1) is 6.67 Å². The summed E-state index contributed by atoms with van der Waals surface area (Å²) in [5, 5.41) is 17.8. The zero-order valence-corrected chi connectivity index (χ0v) is 9.93. The van der Waals surface area contributed by atoms with Crippen molar-refractivity contribution in [2.45, 2.75) is 19.4 Å². The van der Waals surface area contributed by atoms with Gasteiger partial charge in [-0.15, -0.1) is 0 Å². The number of alkyl halides is 1. The minimum absolute atomic E-state index is 0.0426. The van der Waals surface area contributed by atoms with Crippen molar-refractivity contribution in [3.05, 3.63) is 32.6 Å². The number of nitrogens with one attached hydrogen (secondary N) is 1. The van der Waals surface area contributed by atoms with E-state index in [-0.39, 0.29) is 37.7 Å². The van der Waals surface area contributed by atoms with Crippen LogP contribution in [-0.2, 0) is 13.0 Å². The maximum absolute atomic E-state index is 12.2. The van der Waals surface area contributed by atoms with E-state index >= 15 is 0 Å². The summed E-state index contributed by atoms with van der Waals surface area (Å²) < 4.78 is 13.5. The van der Waals surface area contributed by atoms with E-state index in [1.54, 1.807) is 0 Å². The second kappa shape index (κ2) is 7.07. The van der Waals surface area contributed by atoms with Gasteiger partial charge >= 0.3 is 5.69 Å².